The van der Waals surface area contributed by atoms with Crippen LogP contribution in [0.4, 0.5) is 0 Å². The molecule has 0 saturated carbocycles. The Labute approximate surface area is 263 Å². The highest BCUT2D eigenvalue weighted by atomic mass is 35.5. The minimum Gasteiger partial charge on any atom is -0.497 e. The lowest BCUT2D eigenvalue weighted by Gasteiger charge is -2.45. The van der Waals surface area contributed by atoms with E-state index in [2.05, 4.69) is 0 Å². The van der Waals surface area contributed by atoms with Gasteiger partial charge in [-0.3, -0.25) is 19.2 Å². The smallest absolute Gasteiger partial charge is 0.275 e. The number of methoxy groups -OCH3 is 1. The van der Waals surface area contributed by atoms with E-state index < -0.39 is 41.4 Å². The number of hydrogen-bond acceptors (Lipinski definition) is 5. The average Bonchev–Trinajstić information content (AvgIpc) is 3.30. The summed E-state index contributed by atoms with van der Waals surface area (Å²) in [7, 11) is 1.52. The predicted molar refractivity (Wildman–Crippen MR) is 165 cm³/mol. The molecule has 44 heavy (non-hydrogen) atoms. The van der Waals surface area contributed by atoms with Crippen LogP contribution in [0.5, 0.6) is 5.75 Å². The predicted octanol–water partition coefficient (Wildman–Crippen LogP) is 6.52. The van der Waals surface area contributed by atoms with Gasteiger partial charge in [0.2, 0.25) is 0 Å². The lowest BCUT2D eigenvalue weighted by molar-refractivity contribution is -0.156. The first-order chi connectivity index (χ1) is 21.2. The Hall–Kier alpha value is -4.46. The number of rotatable bonds is 6. The zero-order chi connectivity index (χ0) is 30.9. The Bertz CT molecular complexity index is 1760. The Balaban J connectivity index is 1.35. The van der Waals surface area contributed by atoms with Gasteiger partial charge in [0, 0.05) is 22.4 Å². The van der Waals surface area contributed by atoms with E-state index in [4.69, 9.17) is 27.9 Å². The van der Waals surface area contributed by atoms with Crippen LogP contribution in [0, 0.1) is 11.8 Å². The Morgan fingerprint density at radius 1 is 0.773 bits per heavy atom. The largest absolute Gasteiger partial charge is 0.497 e. The second kappa shape index (κ2) is 10.6. The third-order valence-corrected chi connectivity index (χ3v) is 9.68. The molecule has 0 unspecified atom stereocenters. The Morgan fingerprint density at radius 3 is 1.73 bits per heavy atom. The van der Waals surface area contributed by atoms with Crippen LogP contribution in [0.25, 0.3) is 0 Å². The topological polar surface area (TPSA) is 84.0 Å². The molecule has 4 aromatic rings. The molecule has 4 aromatic carbocycles. The first-order valence-electron chi connectivity index (χ1n) is 14.2. The van der Waals surface area contributed by atoms with Crippen LogP contribution in [-0.4, -0.2) is 46.7 Å². The number of carbonyl (C=O) groups excluding carboxylic acids is 4. The molecule has 1 fully saturated rings. The number of benzene rings is 4. The summed E-state index contributed by atoms with van der Waals surface area (Å²) in [5.74, 6) is -3.93. The third-order valence-electron chi connectivity index (χ3n) is 9.13. The molecule has 2 bridgehead atoms. The van der Waals surface area contributed by atoms with Crippen molar-refractivity contribution in [3.8, 4) is 5.75 Å². The van der Waals surface area contributed by atoms with Crippen molar-refractivity contribution < 1.29 is 23.9 Å². The number of amides is 3. The van der Waals surface area contributed by atoms with Crippen LogP contribution in [0.3, 0.4) is 0 Å². The number of hydrogen-bond donors (Lipinski definition) is 0. The van der Waals surface area contributed by atoms with Crippen LogP contribution in [-0.2, 0) is 9.59 Å². The molecular formula is C35H26Cl2N2O5. The number of ketones is 1. The number of hydrazine groups is 1. The fourth-order valence-electron chi connectivity index (χ4n) is 7.21. The number of halogens is 2. The van der Waals surface area contributed by atoms with Crippen LogP contribution >= 0.6 is 23.2 Å². The molecule has 8 rings (SSSR count). The van der Waals surface area contributed by atoms with E-state index in [1.54, 1.807) is 24.3 Å². The van der Waals surface area contributed by atoms with Gasteiger partial charge in [-0.05, 0) is 71.6 Å². The fourth-order valence-corrected chi connectivity index (χ4v) is 7.70. The van der Waals surface area contributed by atoms with Crippen molar-refractivity contribution in [3.63, 3.8) is 0 Å². The Kier molecular flexibility index (Phi) is 6.83. The molecule has 220 valence electrons. The van der Waals surface area contributed by atoms with Crippen LogP contribution in [0.1, 0.15) is 61.7 Å². The van der Waals surface area contributed by atoms with E-state index in [1.807, 2.05) is 48.5 Å². The van der Waals surface area contributed by atoms with Crippen molar-refractivity contribution in [2.45, 2.75) is 24.8 Å². The highest BCUT2D eigenvalue weighted by Crippen LogP contribution is 2.61. The molecule has 0 spiro atoms. The van der Waals surface area contributed by atoms with Crippen LogP contribution in [0.15, 0.2) is 91.0 Å². The average molecular weight is 626 g/mol. The van der Waals surface area contributed by atoms with Gasteiger partial charge in [-0.2, -0.15) is 5.01 Å². The lowest BCUT2D eigenvalue weighted by atomic mass is 9.55. The lowest BCUT2D eigenvalue weighted by Crippen LogP contribution is -2.56. The van der Waals surface area contributed by atoms with E-state index in [0.29, 0.717) is 10.8 Å². The van der Waals surface area contributed by atoms with E-state index in [9.17, 15) is 19.2 Å². The minimum absolute atomic E-state index is 0.00969. The summed E-state index contributed by atoms with van der Waals surface area (Å²) in [6.07, 6.45) is 0. The summed E-state index contributed by atoms with van der Waals surface area (Å²) in [5.41, 5.74) is 4.30. The zero-order valence-electron chi connectivity index (χ0n) is 23.7. The summed E-state index contributed by atoms with van der Waals surface area (Å²) < 4.78 is 5.22. The van der Waals surface area contributed by atoms with Gasteiger partial charge in [-0.1, -0.05) is 71.7 Å². The van der Waals surface area contributed by atoms with Crippen molar-refractivity contribution in [2.75, 3.05) is 7.11 Å². The summed E-state index contributed by atoms with van der Waals surface area (Å²) in [6, 6.07) is 25.3. The molecule has 7 nitrogen and oxygen atoms in total. The zero-order valence-corrected chi connectivity index (χ0v) is 25.3. The maximum Gasteiger partial charge on any atom is 0.275 e. The van der Waals surface area contributed by atoms with Gasteiger partial charge in [0.1, 0.15) is 11.8 Å². The first-order valence-corrected chi connectivity index (χ1v) is 15.0. The fraction of sp³-hybridized carbons (Fsp3) is 0.200. The number of nitrogens with zero attached hydrogens (tertiary/aromatic N) is 2. The molecule has 1 heterocycles. The summed E-state index contributed by atoms with van der Waals surface area (Å²) in [5, 5.41) is 2.24. The van der Waals surface area contributed by atoms with Crippen molar-refractivity contribution in [2.24, 2.45) is 11.8 Å². The van der Waals surface area contributed by atoms with Gasteiger partial charge >= 0.3 is 0 Å². The number of carbonyl (C=O) groups is 4. The number of ether oxygens (including phenoxy) is 1. The molecule has 1 saturated heterocycles. The van der Waals surface area contributed by atoms with Gasteiger partial charge in [0.15, 0.2) is 5.78 Å². The van der Waals surface area contributed by atoms with Gasteiger partial charge in [-0.25, -0.2) is 5.01 Å². The van der Waals surface area contributed by atoms with Crippen molar-refractivity contribution in [3.05, 3.63) is 134 Å². The molecule has 3 amide bonds. The number of Topliss-reactive ketones (excluding diaryl/α,β-unsaturated/α-hetero) is 1. The van der Waals surface area contributed by atoms with Gasteiger partial charge < -0.3 is 4.74 Å². The van der Waals surface area contributed by atoms with Gasteiger partial charge in [0.25, 0.3) is 17.7 Å². The van der Waals surface area contributed by atoms with Crippen molar-refractivity contribution >= 4 is 46.7 Å². The first kappa shape index (κ1) is 28.3. The van der Waals surface area contributed by atoms with Crippen molar-refractivity contribution in [1.82, 2.24) is 10.0 Å². The van der Waals surface area contributed by atoms with Gasteiger partial charge in [-0.15, -0.1) is 0 Å². The van der Waals surface area contributed by atoms with Crippen molar-refractivity contribution in [1.29, 1.82) is 0 Å². The molecule has 0 aromatic heterocycles. The summed E-state index contributed by atoms with van der Waals surface area (Å²) in [4.78, 5) is 57.3. The third kappa shape index (κ3) is 4.10. The molecule has 4 aliphatic rings. The standard InChI is InChI=1S/C35H26Cl2N2O5/c1-18(32(40)19-11-14-21(44-2)15-12-19)38(33(41)26-16-13-20(36)17-27(26)37)39-34(42)30-28-22-7-3-4-8-23(22)29(31(30)35(39)43)25-10-6-5-9-24(25)28/h3-18,28-31H,1-2H3/t18-,28?,29?,30-,31+/m1/s1. The van der Waals surface area contributed by atoms with E-state index in [-0.39, 0.29) is 28.0 Å². The Morgan fingerprint density at radius 2 is 1.27 bits per heavy atom. The van der Waals surface area contributed by atoms with Crippen LogP contribution < -0.4 is 4.74 Å². The van der Waals surface area contributed by atoms with E-state index >= 15 is 0 Å². The minimum atomic E-state index is -1.24. The molecule has 0 radical (unpaired) electrons. The molecular weight excluding hydrogens is 599 g/mol. The van der Waals surface area contributed by atoms with Crippen LogP contribution in [0.2, 0.25) is 10.0 Å². The summed E-state index contributed by atoms with van der Waals surface area (Å²) in [6.45, 7) is 1.51. The normalized spacial score (nSPS) is 21.8. The number of imide groups is 1. The quantitative estimate of drug-likeness (QED) is 0.180. The second-order valence-electron chi connectivity index (χ2n) is 11.3. The molecule has 0 N–H and O–H groups in total. The van der Waals surface area contributed by atoms with E-state index in [0.717, 1.165) is 32.3 Å². The second-order valence-corrected chi connectivity index (χ2v) is 12.1. The molecule has 3 aliphatic carbocycles. The maximum absolute atomic E-state index is 14.6. The van der Waals surface area contributed by atoms with Gasteiger partial charge in [0.05, 0.1) is 29.5 Å². The molecule has 1 aliphatic heterocycles. The molecule has 9 heteroatoms. The maximum atomic E-state index is 14.6. The summed E-state index contributed by atoms with van der Waals surface area (Å²) >= 11 is 12.6. The molecule has 3 atom stereocenters. The highest BCUT2D eigenvalue weighted by molar-refractivity contribution is 6.36. The monoisotopic (exact) mass is 624 g/mol. The SMILES string of the molecule is COc1ccc(C(=O)[C@@H](C)N(C(=O)c2ccc(Cl)cc2Cl)N2C(=O)[C@@H]3C4c5ccccc5C(c5ccccc54)[C@@H]3C2=O)cc1. The van der Waals surface area contributed by atoms with E-state index in [1.165, 1.54) is 32.2 Å². The highest BCUT2D eigenvalue weighted by Gasteiger charge is 2.63.